The quantitative estimate of drug-likeness (QED) is 0.562. The normalized spacial score (nSPS) is 16.1. The van der Waals surface area contributed by atoms with Crippen LogP contribution in [0.2, 0.25) is 0 Å². The summed E-state index contributed by atoms with van der Waals surface area (Å²) >= 11 is 1.19. The molecule has 0 aliphatic carbocycles. The van der Waals surface area contributed by atoms with E-state index in [0.29, 0.717) is 34.9 Å². The number of para-hydroxylation sites is 2. The van der Waals surface area contributed by atoms with Gasteiger partial charge in [-0.2, -0.15) is 0 Å². The van der Waals surface area contributed by atoms with E-state index in [4.69, 9.17) is 13.9 Å². The van der Waals surface area contributed by atoms with Crippen LogP contribution in [0.4, 0.5) is 0 Å². The molecule has 2 aromatic heterocycles. The van der Waals surface area contributed by atoms with Crippen LogP contribution in [-0.4, -0.2) is 33.3 Å². The van der Waals surface area contributed by atoms with Crippen LogP contribution >= 0.6 is 11.8 Å². The molecule has 0 saturated carbocycles. The van der Waals surface area contributed by atoms with Crippen molar-refractivity contribution in [2.24, 2.45) is 0 Å². The van der Waals surface area contributed by atoms with Crippen LogP contribution < -0.4 is 9.47 Å². The summed E-state index contributed by atoms with van der Waals surface area (Å²) in [4.78, 5) is 14.8. The minimum atomic E-state index is -0.458. The van der Waals surface area contributed by atoms with Gasteiger partial charge in [-0.1, -0.05) is 23.9 Å². The maximum Gasteiger partial charge on any atom is 0.277 e. The lowest BCUT2D eigenvalue weighted by Gasteiger charge is -2.23. The fraction of sp³-hybridized carbons (Fsp3) is 0.188. The number of carbonyl (C=O) groups is 1. The van der Waals surface area contributed by atoms with Gasteiger partial charge < -0.3 is 18.9 Å². The Bertz CT molecular complexity index is 847. The predicted molar refractivity (Wildman–Crippen MR) is 85.5 cm³/mol. The van der Waals surface area contributed by atoms with Crippen LogP contribution in [-0.2, 0) is 0 Å². The minimum absolute atomic E-state index is 0.0315. The molecule has 3 heterocycles. The number of H-pyrrole nitrogens is 1. The van der Waals surface area contributed by atoms with Gasteiger partial charge >= 0.3 is 0 Å². The highest BCUT2D eigenvalue weighted by molar-refractivity contribution is 7.99. The van der Waals surface area contributed by atoms with Crippen molar-refractivity contribution in [2.75, 3.05) is 12.4 Å². The van der Waals surface area contributed by atoms with E-state index in [0.717, 1.165) is 0 Å². The van der Waals surface area contributed by atoms with Crippen LogP contribution in [0.3, 0.4) is 0 Å². The molecule has 0 spiro atoms. The van der Waals surface area contributed by atoms with Crippen molar-refractivity contribution in [1.29, 1.82) is 0 Å². The Morgan fingerprint density at radius 3 is 2.92 bits per heavy atom. The molecule has 1 aliphatic rings. The molecule has 0 saturated heterocycles. The number of ether oxygens (including phenoxy) is 2. The second-order valence-electron chi connectivity index (χ2n) is 5.07. The van der Waals surface area contributed by atoms with E-state index in [9.17, 15) is 4.79 Å². The highest BCUT2D eigenvalue weighted by Crippen LogP contribution is 2.35. The van der Waals surface area contributed by atoms with Crippen LogP contribution in [0.25, 0.3) is 0 Å². The Kier molecular flexibility index (Phi) is 3.96. The van der Waals surface area contributed by atoms with Crippen molar-refractivity contribution in [2.45, 2.75) is 11.3 Å². The van der Waals surface area contributed by atoms with Gasteiger partial charge in [-0.05, 0) is 24.3 Å². The van der Waals surface area contributed by atoms with E-state index in [1.165, 1.54) is 11.8 Å². The largest absolute Gasteiger partial charge is 0.485 e. The molecule has 0 bridgehead atoms. The number of aromatic nitrogens is 3. The zero-order valence-electron chi connectivity index (χ0n) is 12.5. The molecule has 7 nitrogen and oxygen atoms in total. The van der Waals surface area contributed by atoms with Gasteiger partial charge in [0, 0.05) is 6.20 Å². The zero-order valence-corrected chi connectivity index (χ0v) is 13.3. The number of Topliss-reactive ketones (excluding diaryl/α,β-unsaturated/α-hetero) is 1. The molecule has 1 atom stereocenters. The number of aromatic amines is 1. The molecule has 1 aromatic carbocycles. The molecule has 1 aliphatic heterocycles. The standard InChI is InChI=1S/C16H13N3O4S/c20-11(10-4-3-7-17-10)9-24-16-19-18-15(23-16)14-8-21-12-5-1-2-6-13(12)22-14/h1-7,14,17H,8-9H2/t14-/m0/s1. The second kappa shape index (κ2) is 6.40. The average Bonchev–Trinajstić information content (AvgIpc) is 3.31. The lowest BCUT2D eigenvalue weighted by atomic mass is 10.2. The highest BCUT2D eigenvalue weighted by Gasteiger charge is 2.27. The monoisotopic (exact) mass is 343 g/mol. The van der Waals surface area contributed by atoms with Crippen molar-refractivity contribution < 1.29 is 18.7 Å². The molecule has 3 aromatic rings. The van der Waals surface area contributed by atoms with E-state index in [1.54, 1.807) is 18.3 Å². The summed E-state index contributed by atoms with van der Waals surface area (Å²) in [6, 6.07) is 10.9. The number of thioether (sulfide) groups is 1. The maximum atomic E-state index is 11.9. The minimum Gasteiger partial charge on any atom is -0.485 e. The SMILES string of the molecule is O=C(CSc1nnc([C@@H]2COc3ccccc3O2)o1)c1ccc[nH]1. The number of nitrogens with one attached hydrogen (secondary N) is 1. The molecule has 0 amide bonds. The first-order valence-electron chi connectivity index (χ1n) is 7.31. The maximum absolute atomic E-state index is 11.9. The predicted octanol–water partition coefficient (Wildman–Crippen LogP) is 2.89. The lowest BCUT2D eigenvalue weighted by molar-refractivity contribution is 0.0686. The Labute approximate surface area is 141 Å². The number of benzene rings is 1. The third kappa shape index (κ3) is 3.00. The van der Waals surface area contributed by atoms with Gasteiger partial charge in [-0.25, -0.2) is 0 Å². The van der Waals surface area contributed by atoms with Crippen LogP contribution in [0.15, 0.2) is 52.2 Å². The molecular weight excluding hydrogens is 330 g/mol. The van der Waals surface area contributed by atoms with Crippen LogP contribution in [0, 0.1) is 0 Å². The highest BCUT2D eigenvalue weighted by atomic mass is 32.2. The van der Waals surface area contributed by atoms with Gasteiger partial charge in [0.05, 0.1) is 11.4 Å². The van der Waals surface area contributed by atoms with Gasteiger partial charge in [-0.3, -0.25) is 4.79 Å². The van der Waals surface area contributed by atoms with Gasteiger partial charge in [0.2, 0.25) is 6.10 Å². The topological polar surface area (TPSA) is 90.2 Å². The summed E-state index contributed by atoms with van der Waals surface area (Å²) in [6.45, 7) is 0.296. The van der Waals surface area contributed by atoms with E-state index < -0.39 is 6.10 Å². The summed E-state index contributed by atoms with van der Waals surface area (Å²) < 4.78 is 17.0. The van der Waals surface area contributed by atoms with Gasteiger partial charge in [0.1, 0.15) is 6.61 Å². The molecule has 1 N–H and O–H groups in total. The molecule has 0 fully saturated rings. The number of carbonyl (C=O) groups excluding carboxylic acids is 1. The Morgan fingerprint density at radius 2 is 2.08 bits per heavy atom. The van der Waals surface area contributed by atoms with Gasteiger partial charge in [0.25, 0.3) is 11.1 Å². The Hall–Kier alpha value is -2.74. The van der Waals surface area contributed by atoms with E-state index in [-0.39, 0.29) is 11.5 Å². The Balaban J connectivity index is 1.39. The summed E-state index contributed by atoms with van der Waals surface area (Å²) in [5, 5.41) is 8.27. The van der Waals surface area contributed by atoms with E-state index >= 15 is 0 Å². The number of hydrogen-bond donors (Lipinski definition) is 1. The summed E-state index contributed by atoms with van der Waals surface area (Å²) in [5.41, 5.74) is 0.558. The Morgan fingerprint density at radius 1 is 1.21 bits per heavy atom. The number of fused-ring (bicyclic) bond motifs is 1. The molecular formula is C16H13N3O4S. The lowest BCUT2D eigenvalue weighted by Crippen LogP contribution is -2.21. The third-order valence-corrected chi connectivity index (χ3v) is 4.25. The van der Waals surface area contributed by atoms with Crippen LogP contribution in [0.5, 0.6) is 11.5 Å². The zero-order chi connectivity index (χ0) is 16.4. The average molecular weight is 343 g/mol. The molecule has 122 valence electrons. The van der Waals surface area contributed by atoms with Crippen molar-refractivity contribution in [1.82, 2.24) is 15.2 Å². The van der Waals surface area contributed by atoms with Crippen molar-refractivity contribution in [3.8, 4) is 11.5 Å². The summed E-state index contributed by atoms with van der Waals surface area (Å²) in [5.74, 6) is 1.85. The molecule has 0 unspecified atom stereocenters. The number of nitrogens with zero attached hydrogens (tertiary/aromatic N) is 2. The fourth-order valence-corrected chi connectivity index (χ4v) is 2.91. The smallest absolute Gasteiger partial charge is 0.277 e. The number of hydrogen-bond acceptors (Lipinski definition) is 7. The van der Waals surface area contributed by atoms with E-state index in [1.807, 2.05) is 24.3 Å². The van der Waals surface area contributed by atoms with Gasteiger partial charge in [0.15, 0.2) is 17.3 Å². The summed E-state index contributed by atoms with van der Waals surface area (Å²) in [7, 11) is 0. The number of ketones is 1. The number of rotatable bonds is 5. The van der Waals surface area contributed by atoms with Crippen molar-refractivity contribution in [3.05, 3.63) is 54.2 Å². The second-order valence-corrected chi connectivity index (χ2v) is 5.99. The van der Waals surface area contributed by atoms with Crippen molar-refractivity contribution in [3.63, 3.8) is 0 Å². The third-order valence-electron chi connectivity index (χ3n) is 3.43. The van der Waals surface area contributed by atoms with E-state index in [2.05, 4.69) is 15.2 Å². The fourth-order valence-electron chi connectivity index (χ4n) is 2.26. The first kappa shape index (κ1) is 14.8. The molecule has 0 radical (unpaired) electrons. The first-order chi connectivity index (χ1) is 11.8. The summed E-state index contributed by atoms with van der Waals surface area (Å²) in [6.07, 6.45) is 1.25. The van der Waals surface area contributed by atoms with Gasteiger partial charge in [-0.15, -0.1) is 10.2 Å². The van der Waals surface area contributed by atoms with Crippen molar-refractivity contribution >= 4 is 17.5 Å². The molecule has 8 heteroatoms. The van der Waals surface area contributed by atoms with Crippen LogP contribution in [0.1, 0.15) is 22.5 Å². The first-order valence-corrected chi connectivity index (χ1v) is 8.29. The molecule has 4 rings (SSSR count). The molecule has 24 heavy (non-hydrogen) atoms.